The van der Waals surface area contributed by atoms with Crippen LogP contribution in [0.15, 0.2) is 29.8 Å². The summed E-state index contributed by atoms with van der Waals surface area (Å²) >= 11 is 0. The lowest BCUT2D eigenvalue weighted by Crippen LogP contribution is -2.10. The fourth-order valence-electron chi connectivity index (χ4n) is 1.43. The van der Waals surface area contributed by atoms with Crippen molar-refractivity contribution in [3.8, 4) is 0 Å². The van der Waals surface area contributed by atoms with Crippen LogP contribution in [0.2, 0.25) is 0 Å². The van der Waals surface area contributed by atoms with Gasteiger partial charge in [0.1, 0.15) is 17.3 Å². The van der Waals surface area contributed by atoms with Crippen molar-refractivity contribution in [1.82, 2.24) is 0 Å². The standard InChI is InChI=1S/C14H13FO4/c1-2-19-14(18)11(9-16)5-8-13(17)10-3-6-12(15)7-4-10/h3-4,6-7H,2,5,8H2,1H3. The summed E-state index contributed by atoms with van der Waals surface area (Å²) in [4.78, 5) is 33.6. The van der Waals surface area contributed by atoms with Crippen LogP contribution in [0, 0.1) is 5.82 Å². The van der Waals surface area contributed by atoms with Gasteiger partial charge in [-0.1, -0.05) is 0 Å². The molecule has 0 atom stereocenters. The van der Waals surface area contributed by atoms with Gasteiger partial charge < -0.3 is 4.74 Å². The lowest BCUT2D eigenvalue weighted by molar-refractivity contribution is -0.138. The highest BCUT2D eigenvalue weighted by molar-refractivity contribution is 6.00. The number of halogens is 1. The molecule has 0 fully saturated rings. The Kier molecular flexibility index (Phi) is 5.64. The summed E-state index contributed by atoms with van der Waals surface area (Å²) in [6, 6.07) is 5.06. The first kappa shape index (κ1) is 14.8. The van der Waals surface area contributed by atoms with Crippen molar-refractivity contribution in [2.45, 2.75) is 19.8 Å². The third-order valence-corrected chi connectivity index (χ3v) is 2.41. The molecule has 0 aliphatic carbocycles. The minimum Gasteiger partial charge on any atom is -0.462 e. The number of hydrogen-bond donors (Lipinski definition) is 0. The summed E-state index contributed by atoms with van der Waals surface area (Å²) in [5.41, 5.74) is 0.132. The van der Waals surface area contributed by atoms with E-state index >= 15 is 0 Å². The highest BCUT2D eigenvalue weighted by Gasteiger charge is 2.14. The third-order valence-electron chi connectivity index (χ3n) is 2.41. The molecule has 0 saturated carbocycles. The fraction of sp³-hybridized carbons (Fsp3) is 0.286. The maximum absolute atomic E-state index is 12.7. The van der Waals surface area contributed by atoms with Gasteiger partial charge in [-0.2, -0.15) is 0 Å². The topological polar surface area (TPSA) is 60.4 Å². The van der Waals surface area contributed by atoms with Crippen molar-refractivity contribution in [1.29, 1.82) is 0 Å². The van der Waals surface area contributed by atoms with E-state index in [0.29, 0.717) is 5.56 Å². The second kappa shape index (κ2) is 7.24. The van der Waals surface area contributed by atoms with E-state index in [4.69, 9.17) is 0 Å². The van der Waals surface area contributed by atoms with Crippen molar-refractivity contribution in [3.63, 3.8) is 0 Å². The molecule has 1 aromatic carbocycles. The number of esters is 1. The van der Waals surface area contributed by atoms with Gasteiger partial charge in [0.25, 0.3) is 0 Å². The van der Waals surface area contributed by atoms with E-state index in [1.54, 1.807) is 6.92 Å². The molecule has 0 saturated heterocycles. The number of carbonyl (C=O) groups is 2. The predicted octanol–water partition coefficient (Wildman–Crippen LogP) is 2.11. The minimum absolute atomic E-state index is 0.0327. The van der Waals surface area contributed by atoms with E-state index in [0.717, 1.165) is 0 Å². The van der Waals surface area contributed by atoms with Crippen molar-refractivity contribution in [2.24, 2.45) is 0 Å². The SMILES string of the molecule is CCOC(=O)C(=C=O)CCC(=O)c1ccc(F)cc1. The zero-order valence-electron chi connectivity index (χ0n) is 10.4. The van der Waals surface area contributed by atoms with Gasteiger partial charge in [-0.3, -0.25) is 4.79 Å². The molecule has 0 aliphatic rings. The van der Waals surface area contributed by atoms with Crippen molar-refractivity contribution < 1.29 is 23.5 Å². The fourth-order valence-corrected chi connectivity index (χ4v) is 1.43. The smallest absolute Gasteiger partial charge is 0.345 e. The van der Waals surface area contributed by atoms with Crippen molar-refractivity contribution in [2.75, 3.05) is 6.61 Å². The molecular formula is C14H13FO4. The summed E-state index contributed by atoms with van der Waals surface area (Å²) in [6.07, 6.45) is -0.0758. The zero-order valence-corrected chi connectivity index (χ0v) is 10.4. The van der Waals surface area contributed by atoms with Crippen molar-refractivity contribution >= 4 is 17.7 Å². The number of ketones is 1. The molecule has 100 valence electrons. The Labute approximate surface area is 109 Å². The lowest BCUT2D eigenvalue weighted by atomic mass is 10.0. The van der Waals surface area contributed by atoms with Crippen LogP contribution in [0.25, 0.3) is 0 Å². The van der Waals surface area contributed by atoms with Crippen LogP contribution in [0.4, 0.5) is 4.39 Å². The normalized spacial score (nSPS) is 9.58. The van der Waals surface area contributed by atoms with Gasteiger partial charge in [0.05, 0.1) is 6.61 Å². The quantitative estimate of drug-likeness (QED) is 0.342. The van der Waals surface area contributed by atoms with Crippen molar-refractivity contribution in [3.05, 3.63) is 41.2 Å². The Morgan fingerprint density at radius 1 is 1.21 bits per heavy atom. The van der Waals surface area contributed by atoms with Gasteiger partial charge in [-0.25, -0.2) is 14.0 Å². The lowest BCUT2D eigenvalue weighted by Gasteiger charge is -2.03. The number of carbonyl (C=O) groups excluding carboxylic acids is 3. The second-order valence-corrected chi connectivity index (χ2v) is 3.73. The monoisotopic (exact) mass is 264 g/mol. The van der Waals surface area contributed by atoms with E-state index in [1.807, 2.05) is 0 Å². The van der Waals surface area contributed by atoms with Crippen LogP contribution in [-0.4, -0.2) is 24.3 Å². The van der Waals surface area contributed by atoms with Crippen LogP contribution < -0.4 is 0 Å². The van der Waals surface area contributed by atoms with Gasteiger partial charge in [0, 0.05) is 12.0 Å². The van der Waals surface area contributed by atoms with Gasteiger partial charge in [-0.15, -0.1) is 0 Å². The third kappa shape index (κ3) is 4.48. The largest absolute Gasteiger partial charge is 0.462 e. The first-order valence-electron chi connectivity index (χ1n) is 5.78. The number of ether oxygens (including phenoxy) is 1. The van der Waals surface area contributed by atoms with Gasteiger partial charge in [0.2, 0.25) is 0 Å². The van der Waals surface area contributed by atoms with E-state index in [1.165, 1.54) is 30.2 Å². The molecule has 4 nitrogen and oxygen atoms in total. The van der Waals surface area contributed by atoms with Gasteiger partial charge >= 0.3 is 5.97 Å². The predicted molar refractivity (Wildman–Crippen MR) is 65.8 cm³/mol. The number of hydrogen-bond acceptors (Lipinski definition) is 4. The van der Waals surface area contributed by atoms with Crippen LogP contribution >= 0.6 is 0 Å². The first-order valence-corrected chi connectivity index (χ1v) is 5.78. The molecule has 0 bridgehead atoms. The summed E-state index contributed by atoms with van der Waals surface area (Å²) in [7, 11) is 0. The molecule has 1 aromatic rings. The van der Waals surface area contributed by atoms with Crippen LogP contribution in [0.5, 0.6) is 0 Å². The Balaban J connectivity index is 2.61. The Bertz CT molecular complexity index is 513. The Hall–Kier alpha value is -2.26. The highest BCUT2D eigenvalue weighted by atomic mass is 19.1. The first-order chi connectivity index (χ1) is 9.08. The summed E-state index contributed by atoms with van der Waals surface area (Å²) in [5, 5.41) is 0. The average Bonchev–Trinajstić information content (AvgIpc) is 2.40. The van der Waals surface area contributed by atoms with Crippen LogP contribution in [-0.2, 0) is 14.3 Å². The molecule has 0 amide bonds. The minimum atomic E-state index is -0.760. The maximum atomic E-state index is 12.7. The molecule has 0 aliphatic heterocycles. The Morgan fingerprint density at radius 3 is 2.37 bits per heavy atom. The molecule has 19 heavy (non-hydrogen) atoms. The molecule has 0 unspecified atom stereocenters. The van der Waals surface area contributed by atoms with E-state index in [2.05, 4.69) is 4.74 Å². The molecule has 5 heteroatoms. The number of Topliss-reactive ketones (excluding diaryl/α,β-unsaturated/α-hetero) is 1. The molecule has 0 radical (unpaired) electrons. The van der Waals surface area contributed by atoms with Gasteiger partial charge in [-0.05, 0) is 37.6 Å². The zero-order chi connectivity index (χ0) is 14.3. The average molecular weight is 264 g/mol. The van der Waals surface area contributed by atoms with E-state index in [-0.39, 0.29) is 30.8 Å². The number of benzene rings is 1. The molecule has 1 rings (SSSR count). The molecule has 0 aromatic heterocycles. The van der Waals surface area contributed by atoms with Crippen LogP contribution in [0.3, 0.4) is 0 Å². The molecule has 0 spiro atoms. The maximum Gasteiger partial charge on any atom is 0.345 e. The highest BCUT2D eigenvalue weighted by Crippen LogP contribution is 2.11. The number of rotatable bonds is 6. The summed E-state index contributed by atoms with van der Waals surface area (Å²) in [5.74, 6) is 0.00841. The second-order valence-electron chi connectivity index (χ2n) is 3.73. The summed E-state index contributed by atoms with van der Waals surface area (Å²) in [6.45, 7) is 1.76. The molecular weight excluding hydrogens is 251 g/mol. The van der Waals surface area contributed by atoms with E-state index < -0.39 is 11.8 Å². The Morgan fingerprint density at radius 2 is 1.84 bits per heavy atom. The van der Waals surface area contributed by atoms with E-state index in [9.17, 15) is 18.8 Å². The molecule has 0 N–H and O–H groups in total. The summed E-state index contributed by atoms with van der Waals surface area (Å²) < 4.78 is 17.3. The van der Waals surface area contributed by atoms with Gasteiger partial charge in [0.15, 0.2) is 5.78 Å². The van der Waals surface area contributed by atoms with Crippen LogP contribution in [0.1, 0.15) is 30.1 Å². The molecule has 0 heterocycles.